The van der Waals surface area contributed by atoms with Crippen molar-refractivity contribution >= 4 is 21.8 Å². The summed E-state index contributed by atoms with van der Waals surface area (Å²) in [4.78, 5) is 12.1. The van der Waals surface area contributed by atoms with Gasteiger partial charge >= 0.3 is 0 Å². The van der Waals surface area contributed by atoms with Crippen LogP contribution in [0.4, 0.5) is 0 Å². The first kappa shape index (κ1) is 14.2. The predicted molar refractivity (Wildman–Crippen MR) is 75.2 cm³/mol. The predicted octanol–water partition coefficient (Wildman–Crippen LogP) is 3.05. The Morgan fingerprint density at radius 2 is 2.20 bits per heavy atom. The van der Waals surface area contributed by atoms with Gasteiger partial charge in [-0.15, -0.1) is 0 Å². The third-order valence-electron chi connectivity index (χ3n) is 2.72. The van der Waals surface area contributed by atoms with Crippen molar-refractivity contribution in [2.24, 2.45) is 0 Å². The fourth-order valence-corrected chi connectivity index (χ4v) is 2.17. The van der Waals surface area contributed by atoms with Gasteiger partial charge in [0.15, 0.2) is 4.67 Å². The maximum Gasteiger partial charge on any atom is 0.257 e. The van der Waals surface area contributed by atoms with Gasteiger partial charge in [0.25, 0.3) is 5.91 Å². The molecule has 5 nitrogen and oxygen atoms in total. The first-order chi connectivity index (χ1) is 9.67. The lowest BCUT2D eigenvalue weighted by atomic mass is 10.1. The highest BCUT2D eigenvalue weighted by atomic mass is 79.9. The van der Waals surface area contributed by atoms with Gasteiger partial charge in [0.2, 0.25) is 0 Å². The summed E-state index contributed by atoms with van der Waals surface area (Å²) in [6, 6.07) is 9.81. The Labute approximate surface area is 124 Å². The third kappa shape index (κ3) is 2.83. The van der Waals surface area contributed by atoms with Crippen LogP contribution in [0.15, 0.2) is 45.7 Å². The number of benzene rings is 1. The first-order valence-electron chi connectivity index (χ1n) is 5.73. The Kier molecular flexibility index (Phi) is 4.43. The number of methoxy groups -OCH3 is 1. The number of halogens is 1. The minimum Gasteiger partial charge on any atom is -0.496 e. The fourth-order valence-electron chi connectivity index (χ4n) is 1.75. The summed E-state index contributed by atoms with van der Waals surface area (Å²) < 4.78 is 10.5. The van der Waals surface area contributed by atoms with Gasteiger partial charge in [-0.05, 0) is 28.1 Å². The Morgan fingerprint density at radius 1 is 1.45 bits per heavy atom. The van der Waals surface area contributed by atoms with E-state index in [9.17, 15) is 10.1 Å². The molecule has 1 heterocycles. The molecule has 1 N–H and O–H groups in total. The van der Waals surface area contributed by atoms with Crippen molar-refractivity contribution in [3.05, 3.63) is 52.4 Å². The van der Waals surface area contributed by atoms with Crippen LogP contribution in [0, 0.1) is 11.3 Å². The molecule has 1 aromatic heterocycles. The summed E-state index contributed by atoms with van der Waals surface area (Å²) in [5.41, 5.74) is 0.936. The topological polar surface area (TPSA) is 75.3 Å². The SMILES string of the molecule is COc1ccccc1C(C#N)NC(=O)c1ccoc1Br. The number of nitrogens with one attached hydrogen (secondary N) is 1. The van der Waals surface area contributed by atoms with Crippen LogP contribution < -0.4 is 10.1 Å². The molecule has 20 heavy (non-hydrogen) atoms. The summed E-state index contributed by atoms with van der Waals surface area (Å²) in [5.74, 6) is 0.147. The smallest absolute Gasteiger partial charge is 0.257 e. The van der Waals surface area contributed by atoms with Gasteiger partial charge in [0.05, 0.1) is 25.0 Å². The average Bonchev–Trinajstić information content (AvgIpc) is 2.90. The number of nitrogens with zero attached hydrogens (tertiary/aromatic N) is 1. The second kappa shape index (κ2) is 6.26. The molecular weight excluding hydrogens is 324 g/mol. The van der Waals surface area contributed by atoms with Crippen LogP contribution in [0.25, 0.3) is 0 Å². The van der Waals surface area contributed by atoms with E-state index >= 15 is 0 Å². The lowest BCUT2D eigenvalue weighted by Gasteiger charge is -2.14. The number of rotatable bonds is 4. The number of hydrogen-bond donors (Lipinski definition) is 1. The van der Waals surface area contributed by atoms with E-state index in [1.807, 2.05) is 6.07 Å². The number of ether oxygens (including phenoxy) is 1. The van der Waals surface area contributed by atoms with Gasteiger partial charge < -0.3 is 14.5 Å². The summed E-state index contributed by atoms with van der Waals surface area (Å²) in [6.07, 6.45) is 1.39. The van der Waals surface area contributed by atoms with Crippen LogP contribution >= 0.6 is 15.9 Å². The molecule has 0 saturated carbocycles. The highest BCUT2D eigenvalue weighted by molar-refractivity contribution is 9.10. The molecule has 0 aliphatic rings. The standard InChI is InChI=1S/C14H11BrN2O3/c1-19-12-5-3-2-4-9(12)11(8-16)17-14(18)10-6-7-20-13(10)15/h2-7,11H,1H3,(H,17,18). The molecule has 0 radical (unpaired) electrons. The van der Waals surface area contributed by atoms with Crippen LogP contribution in [-0.2, 0) is 0 Å². The number of furan rings is 1. The number of amides is 1. The number of nitriles is 1. The van der Waals surface area contributed by atoms with E-state index in [1.165, 1.54) is 19.4 Å². The molecule has 0 aliphatic heterocycles. The van der Waals surface area contributed by atoms with Crippen LogP contribution in [0.3, 0.4) is 0 Å². The van der Waals surface area contributed by atoms with E-state index < -0.39 is 11.9 Å². The molecule has 102 valence electrons. The van der Waals surface area contributed by atoms with Gasteiger partial charge in [-0.2, -0.15) is 5.26 Å². The fraction of sp³-hybridized carbons (Fsp3) is 0.143. The Balaban J connectivity index is 2.24. The zero-order valence-electron chi connectivity index (χ0n) is 10.6. The highest BCUT2D eigenvalue weighted by Gasteiger charge is 2.20. The molecule has 0 saturated heterocycles. The Bertz CT molecular complexity index is 660. The van der Waals surface area contributed by atoms with Crippen LogP contribution in [0.5, 0.6) is 5.75 Å². The van der Waals surface area contributed by atoms with Crippen LogP contribution in [-0.4, -0.2) is 13.0 Å². The molecular formula is C14H11BrN2O3. The van der Waals surface area contributed by atoms with Crippen molar-refractivity contribution in [2.45, 2.75) is 6.04 Å². The third-order valence-corrected chi connectivity index (χ3v) is 3.33. The molecule has 2 rings (SSSR count). The summed E-state index contributed by atoms with van der Waals surface area (Å²) >= 11 is 3.13. The van der Waals surface area contributed by atoms with Gasteiger partial charge in [-0.1, -0.05) is 18.2 Å². The van der Waals surface area contributed by atoms with Gasteiger partial charge in [0, 0.05) is 5.56 Å². The van der Waals surface area contributed by atoms with Crippen molar-refractivity contribution in [2.75, 3.05) is 7.11 Å². The maximum absolute atomic E-state index is 12.1. The summed E-state index contributed by atoms with van der Waals surface area (Å²) in [6.45, 7) is 0. The summed E-state index contributed by atoms with van der Waals surface area (Å²) in [5, 5.41) is 11.9. The van der Waals surface area contributed by atoms with E-state index in [0.29, 0.717) is 21.5 Å². The molecule has 0 fully saturated rings. The summed E-state index contributed by atoms with van der Waals surface area (Å²) in [7, 11) is 1.52. The minimum atomic E-state index is -0.805. The number of hydrogen-bond acceptors (Lipinski definition) is 4. The zero-order valence-corrected chi connectivity index (χ0v) is 12.2. The second-order valence-electron chi connectivity index (χ2n) is 3.89. The average molecular weight is 335 g/mol. The molecule has 0 aliphatic carbocycles. The van der Waals surface area contributed by atoms with E-state index in [-0.39, 0.29) is 0 Å². The van der Waals surface area contributed by atoms with Crippen molar-refractivity contribution in [1.82, 2.24) is 5.32 Å². The van der Waals surface area contributed by atoms with Crippen molar-refractivity contribution in [3.8, 4) is 11.8 Å². The molecule has 0 spiro atoms. The molecule has 0 bridgehead atoms. The number of para-hydroxylation sites is 1. The van der Waals surface area contributed by atoms with Crippen LogP contribution in [0.2, 0.25) is 0 Å². The minimum absolute atomic E-state index is 0.326. The zero-order chi connectivity index (χ0) is 14.5. The first-order valence-corrected chi connectivity index (χ1v) is 6.53. The lowest BCUT2D eigenvalue weighted by molar-refractivity contribution is 0.0943. The number of carbonyl (C=O) groups excluding carboxylic acids is 1. The van der Waals surface area contributed by atoms with Crippen molar-refractivity contribution < 1.29 is 13.9 Å². The van der Waals surface area contributed by atoms with Crippen molar-refractivity contribution in [1.29, 1.82) is 5.26 Å². The Hall–Kier alpha value is -2.26. The van der Waals surface area contributed by atoms with Gasteiger partial charge in [-0.25, -0.2) is 0 Å². The molecule has 1 unspecified atom stereocenters. The molecule has 6 heteroatoms. The number of carbonyl (C=O) groups is 1. The lowest BCUT2D eigenvalue weighted by Crippen LogP contribution is -2.27. The largest absolute Gasteiger partial charge is 0.496 e. The van der Waals surface area contributed by atoms with Crippen LogP contribution in [0.1, 0.15) is 22.0 Å². The van der Waals surface area contributed by atoms with E-state index in [1.54, 1.807) is 24.3 Å². The quantitative estimate of drug-likeness (QED) is 0.932. The maximum atomic E-state index is 12.1. The molecule has 1 amide bonds. The van der Waals surface area contributed by atoms with E-state index in [4.69, 9.17) is 9.15 Å². The Morgan fingerprint density at radius 3 is 2.80 bits per heavy atom. The van der Waals surface area contributed by atoms with E-state index in [2.05, 4.69) is 21.2 Å². The highest BCUT2D eigenvalue weighted by Crippen LogP contribution is 2.25. The van der Waals surface area contributed by atoms with Crippen molar-refractivity contribution in [3.63, 3.8) is 0 Å². The molecule has 1 atom stereocenters. The normalized spacial score (nSPS) is 11.4. The second-order valence-corrected chi connectivity index (χ2v) is 4.61. The molecule has 2 aromatic rings. The van der Waals surface area contributed by atoms with Gasteiger partial charge in [-0.3, -0.25) is 4.79 Å². The van der Waals surface area contributed by atoms with E-state index in [0.717, 1.165) is 0 Å². The van der Waals surface area contributed by atoms with Gasteiger partial charge in [0.1, 0.15) is 11.8 Å². The molecule has 1 aromatic carbocycles. The monoisotopic (exact) mass is 334 g/mol.